The number of ether oxygens (including phenoxy) is 1. The lowest BCUT2D eigenvalue weighted by molar-refractivity contribution is -0.124. The molecule has 2 aliphatic carbocycles. The third-order valence-electron chi connectivity index (χ3n) is 8.54. The van der Waals surface area contributed by atoms with Crippen molar-refractivity contribution >= 4 is 28.9 Å². The van der Waals surface area contributed by atoms with E-state index in [1.54, 1.807) is 6.20 Å². The number of pyridine rings is 1. The molecule has 0 aromatic carbocycles. The van der Waals surface area contributed by atoms with Crippen LogP contribution < -0.4 is 9.64 Å². The highest BCUT2D eigenvalue weighted by molar-refractivity contribution is 7.14. The Balaban J connectivity index is 1.52. The molecule has 2 N–H and O–H groups in total. The number of aliphatic hydroxyl groups is 1. The molecule has 226 valence electrons. The summed E-state index contributed by atoms with van der Waals surface area (Å²) in [5, 5.41) is 19.3. The molecule has 0 unspecified atom stereocenters. The maximum atomic E-state index is 14.2. The second-order valence-corrected chi connectivity index (χ2v) is 14.1. The van der Waals surface area contributed by atoms with Crippen LogP contribution in [0.3, 0.4) is 0 Å². The van der Waals surface area contributed by atoms with Gasteiger partial charge in [-0.05, 0) is 87.4 Å². The van der Waals surface area contributed by atoms with E-state index in [2.05, 4.69) is 32.7 Å². The van der Waals surface area contributed by atoms with Crippen LogP contribution in [0.1, 0.15) is 99.2 Å². The van der Waals surface area contributed by atoms with Crippen LogP contribution in [0.5, 0.6) is 5.88 Å². The number of carboxylic acid groups (broad SMARTS) is 1. The van der Waals surface area contributed by atoms with Gasteiger partial charge in [0.15, 0.2) is 0 Å². The van der Waals surface area contributed by atoms with E-state index in [4.69, 9.17) is 4.74 Å². The fourth-order valence-electron chi connectivity index (χ4n) is 6.05. The first kappa shape index (κ1) is 31.4. The number of aliphatic hydroxyl groups excluding tert-OH is 1. The first-order chi connectivity index (χ1) is 19.5. The number of carbonyl (C=O) groups is 2. The Morgan fingerprint density at radius 1 is 1.07 bits per heavy atom. The number of anilines is 1. The van der Waals surface area contributed by atoms with E-state index < -0.39 is 5.97 Å². The van der Waals surface area contributed by atoms with E-state index in [1.807, 2.05) is 35.0 Å². The minimum Gasteiger partial charge on any atom is -0.477 e. The van der Waals surface area contributed by atoms with Gasteiger partial charge in [-0.1, -0.05) is 27.7 Å². The second-order valence-electron chi connectivity index (χ2n) is 13.1. The molecule has 2 saturated carbocycles. The largest absolute Gasteiger partial charge is 0.477 e. The molecule has 0 aliphatic heterocycles. The van der Waals surface area contributed by atoms with Gasteiger partial charge in [-0.2, -0.15) is 0 Å². The van der Waals surface area contributed by atoms with Crippen molar-refractivity contribution in [3.63, 3.8) is 0 Å². The maximum Gasteiger partial charge on any atom is 0.348 e. The standard InChI is InChI=1S/C32H47N3O5S/c1-21-6-8-23(9-7-21)30(37)35(26-19-27(32(2,3)4)41-29(26)31(38)39)24-10-12-25(13-11-24)40-28-18-22(14-15-33-28)20-34(5)16-17-36/h14-15,18-19,21,23-25,36H,6-13,16-17,20H2,1-5H3,(H,38,39)/t21?,23?,24-,25-. The van der Waals surface area contributed by atoms with Gasteiger partial charge < -0.3 is 19.8 Å². The average Bonchev–Trinajstić information content (AvgIpc) is 3.37. The molecule has 0 saturated heterocycles. The van der Waals surface area contributed by atoms with Crippen LogP contribution in [0, 0.1) is 11.8 Å². The van der Waals surface area contributed by atoms with Crippen molar-refractivity contribution in [3.05, 3.63) is 39.7 Å². The van der Waals surface area contributed by atoms with Gasteiger partial charge in [-0.15, -0.1) is 11.3 Å². The third kappa shape index (κ3) is 8.08. The smallest absolute Gasteiger partial charge is 0.348 e. The van der Waals surface area contributed by atoms with Gasteiger partial charge >= 0.3 is 5.97 Å². The Hall–Kier alpha value is -2.49. The molecule has 9 heteroatoms. The Kier molecular flexibility index (Phi) is 10.5. The number of hydrogen-bond donors (Lipinski definition) is 2. The molecule has 0 radical (unpaired) electrons. The number of carbonyl (C=O) groups excluding carboxylic acids is 1. The number of carboxylic acids is 1. The van der Waals surface area contributed by atoms with Crippen LogP contribution in [-0.2, 0) is 16.8 Å². The predicted octanol–water partition coefficient (Wildman–Crippen LogP) is 6.11. The van der Waals surface area contributed by atoms with Crippen molar-refractivity contribution in [2.45, 2.75) is 103 Å². The normalized spacial score (nSPS) is 23.4. The quantitative estimate of drug-likeness (QED) is 0.347. The third-order valence-corrected chi connectivity index (χ3v) is 10.1. The zero-order chi connectivity index (χ0) is 29.7. The number of hydrogen-bond acceptors (Lipinski definition) is 7. The first-order valence-corrected chi connectivity index (χ1v) is 15.9. The number of thiophene rings is 1. The van der Waals surface area contributed by atoms with Gasteiger partial charge in [-0.25, -0.2) is 9.78 Å². The number of aromatic carboxylic acids is 1. The van der Waals surface area contributed by atoms with Crippen molar-refractivity contribution in [2.24, 2.45) is 11.8 Å². The van der Waals surface area contributed by atoms with Crippen LogP contribution in [0.2, 0.25) is 0 Å². The highest BCUT2D eigenvalue weighted by Gasteiger charge is 2.38. The summed E-state index contributed by atoms with van der Waals surface area (Å²) in [4.78, 5) is 36.2. The molecular formula is C32H47N3O5S. The molecule has 2 aromatic heterocycles. The molecule has 0 atom stereocenters. The Bertz CT molecular complexity index is 1180. The summed E-state index contributed by atoms with van der Waals surface area (Å²) in [5.74, 6) is 0.279. The van der Waals surface area contributed by atoms with Crippen LogP contribution in [0.4, 0.5) is 5.69 Å². The molecule has 2 aliphatic rings. The van der Waals surface area contributed by atoms with Crippen LogP contribution >= 0.6 is 11.3 Å². The number of amides is 1. The van der Waals surface area contributed by atoms with Gasteiger partial charge in [-0.3, -0.25) is 9.69 Å². The van der Waals surface area contributed by atoms with Gasteiger partial charge in [0.05, 0.1) is 12.3 Å². The monoisotopic (exact) mass is 585 g/mol. The number of likely N-dealkylation sites (N-methyl/N-ethyl adjacent to an activating group) is 1. The van der Waals surface area contributed by atoms with Crippen LogP contribution in [0.15, 0.2) is 24.4 Å². The summed E-state index contributed by atoms with van der Waals surface area (Å²) in [6.07, 6.45) is 8.58. The van der Waals surface area contributed by atoms with E-state index >= 15 is 0 Å². The Labute approximate surface area is 248 Å². The molecule has 8 nitrogen and oxygen atoms in total. The highest BCUT2D eigenvalue weighted by atomic mass is 32.1. The fraction of sp³-hybridized carbons (Fsp3) is 0.656. The van der Waals surface area contributed by atoms with Gasteiger partial charge in [0, 0.05) is 42.2 Å². The number of rotatable bonds is 10. The lowest BCUT2D eigenvalue weighted by Gasteiger charge is -2.39. The molecular weight excluding hydrogens is 538 g/mol. The summed E-state index contributed by atoms with van der Waals surface area (Å²) in [6.45, 7) is 9.91. The average molecular weight is 586 g/mol. The zero-order valence-electron chi connectivity index (χ0n) is 25.3. The summed E-state index contributed by atoms with van der Waals surface area (Å²) in [6, 6.07) is 5.82. The molecule has 4 rings (SSSR count). The zero-order valence-corrected chi connectivity index (χ0v) is 26.1. The lowest BCUT2D eigenvalue weighted by Crippen LogP contribution is -2.47. The second kappa shape index (κ2) is 13.7. The molecule has 0 spiro atoms. The van der Waals surface area contributed by atoms with Crippen LogP contribution in [0.25, 0.3) is 0 Å². The molecule has 2 fully saturated rings. The first-order valence-electron chi connectivity index (χ1n) is 15.1. The Morgan fingerprint density at radius 2 is 1.76 bits per heavy atom. The molecule has 2 aromatic rings. The molecule has 0 bridgehead atoms. The van der Waals surface area contributed by atoms with Crippen LogP contribution in [-0.4, -0.2) is 64.3 Å². The Morgan fingerprint density at radius 3 is 2.37 bits per heavy atom. The van der Waals surface area contributed by atoms with E-state index in [0.29, 0.717) is 30.6 Å². The summed E-state index contributed by atoms with van der Waals surface area (Å²) >= 11 is 1.30. The van der Waals surface area contributed by atoms with E-state index in [1.165, 1.54) is 11.3 Å². The summed E-state index contributed by atoms with van der Waals surface area (Å²) in [5.41, 5.74) is 1.44. The van der Waals surface area contributed by atoms with Crippen molar-refractivity contribution in [2.75, 3.05) is 25.1 Å². The topological polar surface area (TPSA) is 103 Å². The van der Waals surface area contributed by atoms with E-state index in [0.717, 1.165) is 61.8 Å². The van der Waals surface area contributed by atoms with Gasteiger partial charge in [0.1, 0.15) is 11.0 Å². The molecule has 2 heterocycles. The lowest BCUT2D eigenvalue weighted by atomic mass is 9.81. The van der Waals surface area contributed by atoms with E-state index in [9.17, 15) is 19.8 Å². The molecule has 1 amide bonds. The van der Waals surface area contributed by atoms with E-state index in [-0.39, 0.29) is 40.9 Å². The van der Waals surface area contributed by atoms with Gasteiger partial charge in [0.2, 0.25) is 11.8 Å². The summed E-state index contributed by atoms with van der Waals surface area (Å²) in [7, 11) is 1.97. The fourth-order valence-corrected chi connectivity index (χ4v) is 7.09. The highest BCUT2D eigenvalue weighted by Crippen LogP contribution is 2.42. The van der Waals surface area contributed by atoms with Gasteiger partial charge in [0.25, 0.3) is 0 Å². The van der Waals surface area contributed by atoms with Crippen molar-refractivity contribution < 1.29 is 24.5 Å². The number of aromatic nitrogens is 1. The SMILES string of the molecule is CC1CCC(C(=O)N(c2cc(C(C)(C)C)sc2C(=O)O)[C@H]2CC[C@H](Oc3cc(CN(C)CCO)ccn3)CC2)CC1. The number of nitrogens with zero attached hydrogens (tertiary/aromatic N) is 3. The predicted molar refractivity (Wildman–Crippen MR) is 163 cm³/mol. The van der Waals surface area contributed by atoms with Crippen molar-refractivity contribution in [3.8, 4) is 5.88 Å². The van der Waals surface area contributed by atoms with Crippen molar-refractivity contribution in [1.29, 1.82) is 0 Å². The minimum atomic E-state index is -0.969. The molecule has 41 heavy (non-hydrogen) atoms. The minimum absolute atomic E-state index is 0.0109. The maximum absolute atomic E-state index is 14.2. The van der Waals surface area contributed by atoms with Crippen molar-refractivity contribution in [1.82, 2.24) is 9.88 Å². The summed E-state index contributed by atoms with van der Waals surface area (Å²) < 4.78 is 6.30.